The van der Waals surface area contributed by atoms with Crippen molar-refractivity contribution in [2.75, 3.05) is 6.61 Å². The first-order chi connectivity index (χ1) is 11.4. The molecule has 0 aromatic carbocycles. The number of aromatic nitrogens is 3. The van der Waals surface area contributed by atoms with Crippen LogP contribution in [0.1, 0.15) is 49.6 Å². The maximum absolute atomic E-state index is 12.4. The van der Waals surface area contributed by atoms with Crippen molar-refractivity contribution in [2.24, 2.45) is 0 Å². The molecule has 9 heteroatoms. The van der Waals surface area contributed by atoms with Gasteiger partial charge in [0.1, 0.15) is 23.3 Å². The van der Waals surface area contributed by atoms with Gasteiger partial charge in [0.2, 0.25) is 10.0 Å². The van der Waals surface area contributed by atoms with Crippen LogP contribution in [0.2, 0.25) is 0 Å². The van der Waals surface area contributed by atoms with Crippen LogP contribution in [0.4, 0.5) is 0 Å². The smallest absolute Gasteiger partial charge is 0.217 e. The van der Waals surface area contributed by atoms with Gasteiger partial charge in [0.05, 0.1) is 11.7 Å². The average Bonchev–Trinajstić information content (AvgIpc) is 3.18. The van der Waals surface area contributed by atoms with E-state index in [-0.39, 0.29) is 23.9 Å². The van der Waals surface area contributed by atoms with Crippen LogP contribution in [0.5, 0.6) is 0 Å². The molecular formula is C15H22N4O4S. The Hall–Kier alpha value is -1.71. The van der Waals surface area contributed by atoms with Crippen LogP contribution >= 0.6 is 0 Å². The molecule has 24 heavy (non-hydrogen) atoms. The Labute approximate surface area is 141 Å². The summed E-state index contributed by atoms with van der Waals surface area (Å²) >= 11 is 0. The Morgan fingerprint density at radius 3 is 2.92 bits per heavy atom. The lowest BCUT2D eigenvalue weighted by Gasteiger charge is -2.22. The number of hydrogen-bond acceptors (Lipinski definition) is 6. The standard InChI is InChI=1S/C15H22N4O4S/c1-10(2)19-14(4-6-16-19)15-13(5-7-22-15)18-24(20,21)9-12-8-11(3)23-17-12/h4,6,8,10,13,15,18H,5,7,9H2,1-3H3/t13-,15-/m0/s1. The second-order valence-electron chi connectivity index (χ2n) is 6.29. The number of aryl methyl sites for hydroxylation is 1. The highest BCUT2D eigenvalue weighted by atomic mass is 32.2. The molecule has 3 heterocycles. The summed E-state index contributed by atoms with van der Waals surface area (Å²) in [6, 6.07) is 3.35. The third kappa shape index (κ3) is 3.68. The first kappa shape index (κ1) is 17.1. The van der Waals surface area contributed by atoms with Crippen LogP contribution < -0.4 is 4.72 Å². The van der Waals surface area contributed by atoms with Crippen molar-refractivity contribution in [1.29, 1.82) is 0 Å². The summed E-state index contributed by atoms with van der Waals surface area (Å²) in [5.74, 6) is 0.375. The Morgan fingerprint density at radius 1 is 1.46 bits per heavy atom. The van der Waals surface area contributed by atoms with E-state index < -0.39 is 10.0 Å². The number of rotatable bonds is 6. The second-order valence-corrected chi connectivity index (χ2v) is 8.04. The summed E-state index contributed by atoms with van der Waals surface area (Å²) in [5.41, 5.74) is 1.27. The highest BCUT2D eigenvalue weighted by Crippen LogP contribution is 2.31. The number of sulfonamides is 1. The molecule has 1 aliphatic rings. The molecule has 8 nitrogen and oxygen atoms in total. The summed E-state index contributed by atoms with van der Waals surface area (Å²) < 4.78 is 40.2. The Bertz CT molecular complexity index is 796. The van der Waals surface area contributed by atoms with E-state index in [1.54, 1.807) is 19.2 Å². The largest absolute Gasteiger partial charge is 0.370 e. The van der Waals surface area contributed by atoms with Gasteiger partial charge in [0.25, 0.3) is 0 Å². The zero-order chi connectivity index (χ0) is 17.3. The van der Waals surface area contributed by atoms with Crippen molar-refractivity contribution in [3.8, 4) is 0 Å². The number of nitrogens with zero attached hydrogens (tertiary/aromatic N) is 3. The van der Waals surface area contributed by atoms with Gasteiger partial charge in [-0.3, -0.25) is 4.68 Å². The topological polar surface area (TPSA) is 99.2 Å². The summed E-state index contributed by atoms with van der Waals surface area (Å²) in [6.45, 7) is 6.28. The van der Waals surface area contributed by atoms with Gasteiger partial charge in [-0.05, 0) is 33.3 Å². The molecule has 3 rings (SSSR count). The quantitative estimate of drug-likeness (QED) is 0.848. The van der Waals surface area contributed by atoms with E-state index >= 15 is 0 Å². The molecule has 0 amide bonds. The molecular weight excluding hydrogens is 332 g/mol. The Kier molecular flexibility index (Phi) is 4.75. The normalized spacial score (nSPS) is 21.7. The van der Waals surface area contributed by atoms with Crippen molar-refractivity contribution in [3.63, 3.8) is 0 Å². The molecule has 1 fully saturated rings. The van der Waals surface area contributed by atoms with Gasteiger partial charge < -0.3 is 9.26 Å². The number of hydrogen-bond donors (Lipinski definition) is 1. The van der Waals surface area contributed by atoms with Crippen LogP contribution in [-0.4, -0.2) is 36.0 Å². The van der Waals surface area contributed by atoms with Crippen molar-refractivity contribution >= 4 is 10.0 Å². The predicted octanol–water partition coefficient (Wildman–Crippen LogP) is 1.71. The van der Waals surface area contributed by atoms with Crippen LogP contribution in [0.25, 0.3) is 0 Å². The van der Waals surface area contributed by atoms with Gasteiger partial charge in [0, 0.05) is 24.9 Å². The lowest BCUT2D eigenvalue weighted by atomic mass is 10.1. The van der Waals surface area contributed by atoms with Crippen LogP contribution in [-0.2, 0) is 20.5 Å². The predicted molar refractivity (Wildman–Crippen MR) is 86.7 cm³/mol. The first-order valence-electron chi connectivity index (χ1n) is 7.93. The molecule has 1 N–H and O–H groups in total. The lowest BCUT2D eigenvalue weighted by molar-refractivity contribution is 0.0938. The van der Waals surface area contributed by atoms with E-state index in [0.717, 1.165) is 5.69 Å². The van der Waals surface area contributed by atoms with E-state index in [0.29, 0.717) is 24.5 Å². The molecule has 0 bridgehead atoms. The molecule has 0 aliphatic carbocycles. The number of nitrogens with one attached hydrogen (secondary N) is 1. The third-order valence-electron chi connectivity index (χ3n) is 3.92. The molecule has 1 aliphatic heterocycles. The van der Waals surface area contributed by atoms with Gasteiger partial charge in [-0.15, -0.1) is 0 Å². The molecule has 2 atom stereocenters. The van der Waals surface area contributed by atoms with E-state index in [4.69, 9.17) is 9.26 Å². The minimum atomic E-state index is -3.54. The second kappa shape index (κ2) is 6.66. The minimum absolute atomic E-state index is 0.176. The third-order valence-corrected chi connectivity index (χ3v) is 5.26. The van der Waals surface area contributed by atoms with E-state index in [9.17, 15) is 8.42 Å². The molecule has 0 spiro atoms. The highest BCUT2D eigenvalue weighted by Gasteiger charge is 2.35. The van der Waals surface area contributed by atoms with Crippen LogP contribution in [0.15, 0.2) is 22.9 Å². The lowest BCUT2D eigenvalue weighted by Crippen LogP contribution is -2.38. The maximum Gasteiger partial charge on any atom is 0.217 e. The Balaban J connectivity index is 1.75. The summed E-state index contributed by atoms with van der Waals surface area (Å²) in [6.07, 6.45) is 1.98. The minimum Gasteiger partial charge on any atom is -0.370 e. The number of ether oxygens (including phenoxy) is 1. The monoisotopic (exact) mass is 354 g/mol. The summed E-state index contributed by atoms with van der Waals surface area (Å²) in [7, 11) is -3.54. The van der Waals surface area contributed by atoms with Crippen molar-refractivity contribution < 1.29 is 17.7 Å². The van der Waals surface area contributed by atoms with Crippen LogP contribution in [0.3, 0.4) is 0 Å². The van der Waals surface area contributed by atoms with Gasteiger partial charge in [-0.25, -0.2) is 13.1 Å². The van der Waals surface area contributed by atoms with Gasteiger partial charge in [-0.1, -0.05) is 5.16 Å². The molecule has 2 aromatic rings. The molecule has 1 saturated heterocycles. The van der Waals surface area contributed by atoms with Crippen molar-refractivity contribution in [3.05, 3.63) is 35.5 Å². The first-order valence-corrected chi connectivity index (χ1v) is 9.58. The SMILES string of the molecule is Cc1cc(CS(=O)(=O)N[C@H]2CCO[C@@H]2c2ccnn2C(C)C)no1. The zero-order valence-electron chi connectivity index (χ0n) is 14.0. The van der Waals surface area contributed by atoms with E-state index in [1.165, 1.54) is 0 Å². The van der Waals surface area contributed by atoms with Crippen molar-refractivity contribution in [2.45, 2.75) is 51.1 Å². The Morgan fingerprint density at radius 2 is 2.25 bits per heavy atom. The highest BCUT2D eigenvalue weighted by molar-refractivity contribution is 7.88. The summed E-state index contributed by atoms with van der Waals surface area (Å²) in [5, 5.41) is 8.04. The average molecular weight is 354 g/mol. The fraction of sp³-hybridized carbons (Fsp3) is 0.600. The van der Waals surface area contributed by atoms with E-state index in [2.05, 4.69) is 15.0 Å². The van der Waals surface area contributed by atoms with E-state index in [1.807, 2.05) is 24.6 Å². The summed E-state index contributed by atoms with van der Waals surface area (Å²) in [4.78, 5) is 0. The molecule has 0 unspecified atom stereocenters. The fourth-order valence-corrected chi connectivity index (χ4v) is 4.25. The molecule has 0 radical (unpaired) electrons. The zero-order valence-corrected chi connectivity index (χ0v) is 14.8. The van der Waals surface area contributed by atoms with Crippen LogP contribution in [0, 0.1) is 6.92 Å². The fourth-order valence-electron chi connectivity index (χ4n) is 2.94. The molecule has 2 aromatic heterocycles. The van der Waals surface area contributed by atoms with Gasteiger partial charge >= 0.3 is 0 Å². The van der Waals surface area contributed by atoms with Crippen molar-refractivity contribution in [1.82, 2.24) is 19.7 Å². The maximum atomic E-state index is 12.4. The van der Waals surface area contributed by atoms with Gasteiger partial charge in [-0.2, -0.15) is 5.10 Å². The molecule has 132 valence electrons. The van der Waals surface area contributed by atoms with Gasteiger partial charge in [0.15, 0.2) is 0 Å². The molecule has 0 saturated carbocycles.